The Labute approximate surface area is 105 Å². The van der Waals surface area contributed by atoms with Gasteiger partial charge in [0.25, 0.3) is 5.69 Å². The molecular formula is C10H6ClFN2O4. The number of nitro groups is 1. The lowest BCUT2D eigenvalue weighted by Gasteiger charge is -2.01. The molecule has 0 fully saturated rings. The van der Waals surface area contributed by atoms with Gasteiger partial charge in [0.1, 0.15) is 11.5 Å². The smallest absolute Gasteiger partial charge is 0.270 e. The van der Waals surface area contributed by atoms with Gasteiger partial charge < -0.3 is 9.63 Å². The Hall–Kier alpha value is -1.99. The highest BCUT2D eigenvalue weighted by Gasteiger charge is 2.20. The van der Waals surface area contributed by atoms with E-state index in [-0.39, 0.29) is 27.7 Å². The molecule has 0 aliphatic heterocycles. The lowest BCUT2D eigenvalue weighted by molar-refractivity contribution is -0.384. The van der Waals surface area contributed by atoms with Gasteiger partial charge in [0, 0.05) is 17.7 Å². The molecule has 1 heterocycles. The van der Waals surface area contributed by atoms with Crippen LogP contribution in [0.15, 0.2) is 22.7 Å². The predicted molar refractivity (Wildman–Crippen MR) is 59.5 cm³/mol. The van der Waals surface area contributed by atoms with Crippen molar-refractivity contribution in [1.29, 1.82) is 0 Å². The molecule has 0 aliphatic rings. The van der Waals surface area contributed by atoms with Crippen molar-refractivity contribution >= 4 is 17.3 Å². The normalized spacial score (nSPS) is 10.6. The number of halogens is 2. The first kappa shape index (κ1) is 12.5. The first-order valence-electron chi connectivity index (χ1n) is 4.73. The summed E-state index contributed by atoms with van der Waals surface area (Å²) in [5.74, 6) is -0.722. The number of aliphatic hydroxyl groups is 1. The van der Waals surface area contributed by atoms with Crippen molar-refractivity contribution in [2.75, 3.05) is 0 Å². The molecule has 94 valence electrons. The standard InChI is InChI=1S/C10H6ClFN2O4/c11-10-7(4-15)9(13-18-10)6-3-5(14(16)17)1-2-8(6)12/h1-3,15H,4H2. The monoisotopic (exact) mass is 272 g/mol. The number of hydrogen-bond donors (Lipinski definition) is 1. The summed E-state index contributed by atoms with van der Waals surface area (Å²) in [5, 5.41) is 23.0. The predicted octanol–water partition coefficient (Wildman–Crippen LogP) is 2.53. The highest BCUT2D eigenvalue weighted by molar-refractivity contribution is 6.29. The Balaban J connectivity index is 2.62. The van der Waals surface area contributed by atoms with Crippen molar-refractivity contribution in [2.24, 2.45) is 0 Å². The molecule has 18 heavy (non-hydrogen) atoms. The van der Waals surface area contributed by atoms with Gasteiger partial charge in [-0.15, -0.1) is 0 Å². The SMILES string of the molecule is O=[N+]([O-])c1ccc(F)c(-c2noc(Cl)c2CO)c1. The van der Waals surface area contributed by atoms with Gasteiger partial charge in [-0.3, -0.25) is 10.1 Å². The van der Waals surface area contributed by atoms with Gasteiger partial charge in [0.15, 0.2) is 0 Å². The van der Waals surface area contributed by atoms with Gasteiger partial charge in [-0.05, 0) is 17.7 Å². The molecule has 0 saturated heterocycles. The van der Waals surface area contributed by atoms with Crippen LogP contribution in [0.4, 0.5) is 10.1 Å². The summed E-state index contributed by atoms with van der Waals surface area (Å²) in [4.78, 5) is 9.96. The van der Waals surface area contributed by atoms with Crippen molar-refractivity contribution < 1.29 is 18.9 Å². The summed E-state index contributed by atoms with van der Waals surface area (Å²) in [7, 11) is 0. The van der Waals surface area contributed by atoms with Gasteiger partial charge in [0.2, 0.25) is 5.22 Å². The van der Waals surface area contributed by atoms with Gasteiger partial charge >= 0.3 is 0 Å². The van der Waals surface area contributed by atoms with Crippen LogP contribution < -0.4 is 0 Å². The second-order valence-corrected chi connectivity index (χ2v) is 3.71. The summed E-state index contributed by atoms with van der Waals surface area (Å²) in [6, 6.07) is 2.97. The van der Waals surface area contributed by atoms with Crippen LogP contribution in [0.3, 0.4) is 0 Å². The summed E-state index contributed by atoms with van der Waals surface area (Å²) >= 11 is 5.60. The third kappa shape index (κ3) is 2.05. The van der Waals surface area contributed by atoms with Crippen LogP contribution in [0.5, 0.6) is 0 Å². The zero-order valence-electron chi connectivity index (χ0n) is 8.76. The fourth-order valence-electron chi connectivity index (χ4n) is 1.45. The number of nitrogens with zero attached hydrogens (tertiary/aromatic N) is 2. The van der Waals surface area contributed by atoms with Gasteiger partial charge in [0.05, 0.1) is 17.1 Å². The van der Waals surface area contributed by atoms with E-state index in [1.807, 2.05) is 0 Å². The van der Waals surface area contributed by atoms with Crippen LogP contribution in [-0.2, 0) is 6.61 Å². The zero-order chi connectivity index (χ0) is 13.3. The molecule has 0 unspecified atom stereocenters. The van der Waals surface area contributed by atoms with E-state index in [1.165, 1.54) is 0 Å². The molecular weight excluding hydrogens is 267 g/mol. The van der Waals surface area contributed by atoms with Crippen LogP contribution in [0.25, 0.3) is 11.3 Å². The van der Waals surface area contributed by atoms with E-state index in [9.17, 15) is 14.5 Å². The maximum absolute atomic E-state index is 13.6. The molecule has 1 aromatic heterocycles. The fraction of sp³-hybridized carbons (Fsp3) is 0.100. The van der Waals surface area contributed by atoms with E-state index in [0.717, 1.165) is 18.2 Å². The third-order valence-electron chi connectivity index (χ3n) is 2.31. The van der Waals surface area contributed by atoms with Crippen LogP contribution in [0.1, 0.15) is 5.56 Å². The zero-order valence-corrected chi connectivity index (χ0v) is 9.52. The Morgan fingerprint density at radius 1 is 1.56 bits per heavy atom. The van der Waals surface area contributed by atoms with E-state index in [2.05, 4.69) is 9.68 Å². The molecule has 0 saturated carbocycles. The van der Waals surface area contributed by atoms with Gasteiger partial charge in [-0.1, -0.05) is 5.16 Å². The summed E-state index contributed by atoms with van der Waals surface area (Å²) in [6.45, 7) is -0.514. The molecule has 2 aromatic rings. The molecule has 1 N–H and O–H groups in total. The van der Waals surface area contributed by atoms with Crippen LogP contribution >= 0.6 is 11.6 Å². The van der Waals surface area contributed by atoms with Crippen LogP contribution in [0, 0.1) is 15.9 Å². The highest BCUT2D eigenvalue weighted by atomic mass is 35.5. The largest absolute Gasteiger partial charge is 0.391 e. The summed E-state index contributed by atoms with van der Waals surface area (Å²) in [5.41, 5.74) is -0.418. The number of aliphatic hydroxyl groups excluding tert-OH is 1. The van der Waals surface area contributed by atoms with Crippen molar-refractivity contribution in [3.63, 3.8) is 0 Å². The second kappa shape index (κ2) is 4.71. The number of non-ortho nitro benzene ring substituents is 1. The van der Waals surface area contributed by atoms with Crippen molar-refractivity contribution in [3.8, 4) is 11.3 Å². The average molecular weight is 273 g/mol. The molecule has 0 amide bonds. The summed E-state index contributed by atoms with van der Waals surface area (Å²) in [6.07, 6.45) is 0. The van der Waals surface area contributed by atoms with Crippen molar-refractivity contribution in [1.82, 2.24) is 5.16 Å². The molecule has 6 nitrogen and oxygen atoms in total. The molecule has 8 heteroatoms. The Bertz CT molecular complexity index is 614. The Kier molecular flexibility index (Phi) is 3.26. The van der Waals surface area contributed by atoms with Crippen molar-refractivity contribution in [3.05, 3.63) is 44.9 Å². The lowest BCUT2D eigenvalue weighted by Crippen LogP contribution is -1.94. The molecule has 0 bridgehead atoms. The average Bonchev–Trinajstić information content (AvgIpc) is 2.70. The van der Waals surface area contributed by atoms with E-state index in [4.69, 9.17) is 16.7 Å². The van der Waals surface area contributed by atoms with E-state index >= 15 is 0 Å². The molecule has 1 aromatic carbocycles. The number of nitro benzene ring substituents is 1. The maximum Gasteiger partial charge on any atom is 0.270 e. The van der Waals surface area contributed by atoms with E-state index in [1.54, 1.807) is 0 Å². The number of aromatic nitrogens is 1. The fourth-order valence-corrected chi connectivity index (χ4v) is 1.63. The minimum atomic E-state index is -0.722. The third-order valence-corrected chi connectivity index (χ3v) is 2.61. The second-order valence-electron chi connectivity index (χ2n) is 3.36. The molecule has 0 atom stereocenters. The van der Waals surface area contributed by atoms with Crippen LogP contribution in [0.2, 0.25) is 5.22 Å². The van der Waals surface area contributed by atoms with E-state index < -0.39 is 17.3 Å². The lowest BCUT2D eigenvalue weighted by atomic mass is 10.1. The molecule has 0 spiro atoms. The minimum absolute atomic E-state index is 0.0521. The summed E-state index contributed by atoms with van der Waals surface area (Å²) < 4.78 is 18.2. The van der Waals surface area contributed by atoms with Gasteiger partial charge in [-0.2, -0.15) is 0 Å². The topological polar surface area (TPSA) is 89.4 Å². The maximum atomic E-state index is 13.6. The van der Waals surface area contributed by atoms with Crippen molar-refractivity contribution in [2.45, 2.75) is 6.61 Å². The first-order chi connectivity index (χ1) is 8.54. The Morgan fingerprint density at radius 2 is 2.28 bits per heavy atom. The van der Waals surface area contributed by atoms with Gasteiger partial charge in [-0.25, -0.2) is 4.39 Å². The van der Waals surface area contributed by atoms with E-state index in [0.29, 0.717) is 0 Å². The first-order valence-corrected chi connectivity index (χ1v) is 5.11. The number of rotatable bonds is 3. The minimum Gasteiger partial charge on any atom is -0.391 e. The number of hydrogen-bond acceptors (Lipinski definition) is 5. The van der Waals surface area contributed by atoms with Crippen LogP contribution in [-0.4, -0.2) is 15.2 Å². The number of benzene rings is 1. The molecule has 0 aliphatic carbocycles. The quantitative estimate of drug-likeness (QED) is 0.685. The molecule has 0 radical (unpaired) electrons. The highest BCUT2D eigenvalue weighted by Crippen LogP contribution is 2.32. The Morgan fingerprint density at radius 3 is 2.89 bits per heavy atom. The molecule has 2 rings (SSSR count).